The Balaban J connectivity index is 1.35. The predicted molar refractivity (Wildman–Crippen MR) is 123 cm³/mol. The average Bonchev–Trinajstić information content (AvgIpc) is 2.73. The quantitative estimate of drug-likeness (QED) is 0.604. The van der Waals surface area contributed by atoms with Gasteiger partial charge in [-0.2, -0.15) is 0 Å². The number of ether oxygens (including phenoxy) is 1. The van der Waals surface area contributed by atoms with E-state index in [0.717, 1.165) is 19.5 Å². The van der Waals surface area contributed by atoms with Crippen molar-refractivity contribution in [2.75, 3.05) is 38.2 Å². The summed E-state index contributed by atoms with van der Waals surface area (Å²) >= 11 is 0. The van der Waals surface area contributed by atoms with Crippen molar-refractivity contribution in [1.29, 1.82) is 0 Å². The lowest BCUT2D eigenvalue weighted by Crippen LogP contribution is -2.42. The van der Waals surface area contributed by atoms with Crippen LogP contribution in [0.1, 0.15) is 48.2 Å². The molecule has 3 heterocycles. The van der Waals surface area contributed by atoms with Crippen molar-refractivity contribution in [2.45, 2.75) is 51.3 Å². The van der Waals surface area contributed by atoms with E-state index in [1.807, 2.05) is 26.8 Å². The Hall–Kier alpha value is -2.55. The number of amides is 1. The molecule has 2 aliphatic rings. The number of aliphatic hydroxyl groups excluding tert-OH is 1. The maximum absolute atomic E-state index is 12.8. The SMILES string of the molecule is CC(C)(C)c1nc(NC2COC2)cc(C(=O)NC[C@H](O)CN2CCc3ccccc3C2)n1. The molecule has 172 valence electrons. The molecule has 1 fully saturated rings. The number of aromatic nitrogens is 2. The number of carbonyl (C=O) groups excluding carboxylic acids is 1. The highest BCUT2D eigenvalue weighted by Gasteiger charge is 2.24. The summed E-state index contributed by atoms with van der Waals surface area (Å²) in [5.74, 6) is 0.908. The number of hydrogen-bond donors (Lipinski definition) is 3. The third kappa shape index (κ3) is 5.62. The van der Waals surface area contributed by atoms with Crippen molar-refractivity contribution in [1.82, 2.24) is 20.2 Å². The lowest BCUT2D eigenvalue weighted by atomic mass is 9.95. The monoisotopic (exact) mass is 439 g/mol. The fraction of sp³-hybridized carbons (Fsp3) is 0.542. The number of anilines is 1. The van der Waals surface area contributed by atoms with E-state index >= 15 is 0 Å². The molecule has 0 bridgehead atoms. The van der Waals surface area contributed by atoms with Crippen LogP contribution in [-0.2, 0) is 23.1 Å². The second kappa shape index (κ2) is 9.52. The number of nitrogens with zero attached hydrogens (tertiary/aromatic N) is 3. The Kier molecular flexibility index (Phi) is 6.74. The highest BCUT2D eigenvalue weighted by Crippen LogP contribution is 2.22. The standard InChI is InChI=1S/C24H33N5O3/c1-24(2,3)23-27-20(10-21(28-23)26-18-14-32-15-18)22(31)25-11-19(30)13-29-9-8-16-6-4-5-7-17(16)12-29/h4-7,10,18-19,30H,8-9,11-15H2,1-3H3,(H,25,31)(H,26,27,28)/t19-/m0/s1. The molecule has 3 N–H and O–H groups in total. The molecular weight excluding hydrogens is 406 g/mol. The lowest BCUT2D eigenvalue weighted by Gasteiger charge is -2.30. The highest BCUT2D eigenvalue weighted by molar-refractivity contribution is 5.93. The maximum Gasteiger partial charge on any atom is 0.270 e. The first kappa shape index (κ1) is 22.6. The molecule has 1 saturated heterocycles. The van der Waals surface area contributed by atoms with Gasteiger partial charge >= 0.3 is 0 Å². The van der Waals surface area contributed by atoms with E-state index < -0.39 is 6.10 Å². The zero-order valence-corrected chi connectivity index (χ0v) is 19.1. The summed E-state index contributed by atoms with van der Waals surface area (Å²) in [5.41, 5.74) is 2.68. The molecule has 1 atom stereocenters. The Morgan fingerprint density at radius 3 is 2.69 bits per heavy atom. The maximum atomic E-state index is 12.8. The van der Waals surface area contributed by atoms with Crippen LogP contribution in [0.4, 0.5) is 5.82 Å². The first-order valence-electron chi connectivity index (χ1n) is 11.3. The molecule has 1 amide bonds. The Morgan fingerprint density at radius 2 is 2.00 bits per heavy atom. The van der Waals surface area contributed by atoms with Crippen LogP contribution in [0, 0.1) is 0 Å². The molecule has 0 radical (unpaired) electrons. The van der Waals surface area contributed by atoms with Gasteiger partial charge < -0.3 is 20.5 Å². The van der Waals surface area contributed by atoms with Gasteiger partial charge in [0.25, 0.3) is 5.91 Å². The van der Waals surface area contributed by atoms with Gasteiger partial charge in [0.1, 0.15) is 17.3 Å². The van der Waals surface area contributed by atoms with E-state index in [0.29, 0.717) is 37.1 Å². The summed E-state index contributed by atoms with van der Waals surface area (Å²) in [6.07, 6.45) is 0.325. The molecule has 2 aromatic rings. The van der Waals surface area contributed by atoms with Crippen molar-refractivity contribution >= 4 is 11.7 Å². The number of aliphatic hydroxyl groups is 1. The fourth-order valence-electron chi connectivity index (χ4n) is 3.87. The second-order valence-electron chi connectivity index (χ2n) is 9.71. The Labute approximate surface area is 189 Å². The smallest absolute Gasteiger partial charge is 0.270 e. The number of fused-ring (bicyclic) bond motifs is 1. The van der Waals surface area contributed by atoms with Crippen molar-refractivity contribution in [3.8, 4) is 0 Å². The molecule has 8 nitrogen and oxygen atoms in total. The first-order valence-corrected chi connectivity index (χ1v) is 11.3. The van der Waals surface area contributed by atoms with Crippen LogP contribution in [0.2, 0.25) is 0 Å². The molecule has 4 rings (SSSR count). The number of benzene rings is 1. The van der Waals surface area contributed by atoms with E-state index in [1.54, 1.807) is 6.07 Å². The third-order valence-corrected chi connectivity index (χ3v) is 5.80. The van der Waals surface area contributed by atoms with Gasteiger partial charge in [-0.15, -0.1) is 0 Å². The van der Waals surface area contributed by atoms with Crippen LogP contribution in [0.25, 0.3) is 0 Å². The predicted octanol–water partition coefficient (Wildman–Crippen LogP) is 1.73. The minimum atomic E-state index is -0.655. The van der Waals surface area contributed by atoms with E-state index in [-0.39, 0.29) is 23.9 Å². The zero-order chi connectivity index (χ0) is 22.7. The minimum absolute atomic E-state index is 0.172. The summed E-state index contributed by atoms with van der Waals surface area (Å²) in [7, 11) is 0. The third-order valence-electron chi connectivity index (χ3n) is 5.80. The zero-order valence-electron chi connectivity index (χ0n) is 19.1. The van der Waals surface area contributed by atoms with Gasteiger partial charge in [0, 0.05) is 37.7 Å². The number of β-amino-alcohol motifs (C(OH)–C–C–N with tert-alkyl or cyclic N) is 1. The van der Waals surface area contributed by atoms with Gasteiger partial charge in [-0.05, 0) is 17.5 Å². The minimum Gasteiger partial charge on any atom is -0.390 e. The molecule has 8 heteroatoms. The van der Waals surface area contributed by atoms with Crippen LogP contribution >= 0.6 is 0 Å². The summed E-state index contributed by atoms with van der Waals surface area (Å²) in [6.45, 7) is 9.71. The van der Waals surface area contributed by atoms with E-state index in [1.165, 1.54) is 11.1 Å². The summed E-state index contributed by atoms with van der Waals surface area (Å²) < 4.78 is 5.21. The molecule has 1 aromatic heterocycles. The normalized spacial score (nSPS) is 17.9. The van der Waals surface area contributed by atoms with E-state index in [9.17, 15) is 9.90 Å². The Bertz CT molecular complexity index is 955. The van der Waals surface area contributed by atoms with Crippen LogP contribution in [0.15, 0.2) is 30.3 Å². The molecule has 1 aromatic carbocycles. The number of rotatable bonds is 7. The summed E-state index contributed by atoms with van der Waals surface area (Å²) in [5, 5.41) is 16.7. The number of hydrogen-bond acceptors (Lipinski definition) is 7. The van der Waals surface area contributed by atoms with Crippen LogP contribution < -0.4 is 10.6 Å². The largest absolute Gasteiger partial charge is 0.390 e. The van der Waals surface area contributed by atoms with E-state index in [2.05, 4.69) is 43.7 Å². The topological polar surface area (TPSA) is 99.6 Å². The fourth-order valence-corrected chi connectivity index (χ4v) is 3.87. The van der Waals surface area contributed by atoms with E-state index in [4.69, 9.17) is 4.74 Å². The molecule has 2 aliphatic heterocycles. The van der Waals surface area contributed by atoms with Gasteiger partial charge in [0.05, 0.1) is 25.4 Å². The van der Waals surface area contributed by atoms with Gasteiger partial charge in [0.15, 0.2) is 0 Å². The average molecular weight is 440 g/mol. The van der Waals surface area contributed by atoms with Crippen molar-refractivity contribution < 1.29 is 14.6 Å². The summed E-state index contributed by atoms with van der Waals surface area (Å²) in [6, 6.07) is 10.3. The summed E-state index contributed by atoms with van der Waals surface area (Å²) in [4.78, 5) is 24.1. The molecule has 0 unspecified atom stereocenters. The molecule has 0 saturated carbocycles. The number of carbonyl (C=O) groups is 1. The second-order valence-corrected chi connectivity index (χ2v) is 9.71. The van der Waals surface area contributed by atoms with Crippen LogP contribution in [-0.4, -0.2) is 70.9 Å². The first-order chi connectivity index (χ1) is 15.3. The Morgan fingerprint density at radius 1 is 1.25 bits per heavy atom. The van der Waals surface area contributed by atoms with Crippen molar-refractivity contribution in [2.24, 2.45) is 0 Å². The molecular formula is C24H33N5O3. The van der Waals surface area contributed by atoms with Crippen molar-refractivity contribution in [3.05, 3.63) is 53.0 Å². The number of nitrogens with one attached hydrogen (secondary N) is 2. The van der Waals surface area contributed by atoms with Gasteiger partial charge in [0.2, 0.25) is 0 Å². The van der Waals surface area contributed by atoms with Crippen LogP contribution in [0.5, 0.6) is 0 Å². The molecule has 32 heavy (non-hydrogen) atoms. The highest BCUT2D eigenvalue weighted by atomic mass is 16.5. The van der Waals surface area contributed by atoms with Gasteiger partial charge in [-0.3, -0.25) is 9.69 Å². The molecule has 0 aliphatic carbocycles. The van der Waals surface area contributed by atoms with Crippen LogP contribution in [0.3, 0.4) is 0 Å². The molecule has 0 spiro atoms. The lowest BCUT2D eigenvalue weighted by molar-refractivity contribution is 0.0209. The van der Waals surface area contributed by atoms with Gasteiger partial charge in [-0.25, -0.2) is 9.97 Å². The van der Waals surface area contributed by atoms with Gasteiger partial charge in [-0.1, -0.05) is 45.0 Å². The van der Waals surface area contributed by atoms with Crippen molar-refractivity contribution in [3.63, 3.8) is 0 Å².